The molecule has 0 spiro atoms. The molecule has 4 rings (SSSR count). The molecule has 1 heterocycles. The maximum absolute atomic E-state index is 13.1. The minimum atomic E-state index is -0.662. The first kappa shape index (κ1) is 25.0. The number of benzene rings is 3. The molecule has 1 atom stereocenters. The van der Waals surface area contributed by atoms with Crippen molar-refractivity contribution in [2.75, 3.05) is 25.5 Å². The van der Waals surface area contributed by atoms with Gasteiger partial charge in [0.25, 0.3) is 11.7 Å². The van der Waals surface area contributed by atoms with E-state index in [1.807, 2.05) is 87.4 Å². The average molecular weight is 485 g/mol. The molecular weight excluding hydrogens is 452 g/mol. The van der Waals surface area contributed by atoms with E-state index < -0.39 is 17.7 Å². The summed E-state index contributed by atoms with van der Waals surface area (Å²) in [5.41, 5.74) is 4.26. The van der Waals surface area contributed by atoms with Crippen LogP contribution < -0.4 is 9.64 Å². The van der Waals surface area contributed by atoms with Crippen LogP contribution in [0.5, 0.6) is 5.75 Å². The van der Waals surface area contributed by atoms with Crippen molar-refractivity contribution < 1.29 is 19.4 Å². The second-order valence-electron chi connectivity index (χ2n) is 9.23. The number of ether oxygens (including phenoxy) is 1. The van der Waals surface area contributed by atoms with Crippen molar-refractivity contribution in [1.29, 1.82) is 0 Å². The quantitative estimate of drug-likeness (QED) is 0.261. The van der Waals surface area contributed by atoms with Gasteiger partial charge in [0.05, 0.1) is 11.6 Å². The van der Waals surface area contributed by atoms with Crippen LogP contribution in [0.15, 0.2) is 78.4 Å². The molecule has 3 aromatic rings. The molecule has 0 bridgehead atoms. The first-order valence-corrected chi connectivity index (χ1v) is 12.1. The second kappa shape index (κ2) is 10.7. The van der Waals surface area contributed by atoms with Gasteiger partial charge < -0.3 is 19.6 Å². The number of likely N-dealkylation sites (tertiary alicyclic amines) is 1. The van der Waals surface area contributed by atoms with Gasteiger partial charge in [-0.15, -0.1) is 0 Å². The number of anilines is 1. The predicted molar refractivity (Wildman–Crippen MR) is 142 cm³/mol. The monoisotopic (exact) mass is 484 g/mol. The number of carbonyl (C=O) groups is 2. The molecule has 1 amide bonds. The highest BCUT2D eigenvalue weighted by Crippen LogP contribution is 2.40. The Kier molecular flexibility index (Phi) is 7.44. The topological polar surface area (TPSA) is 70.1 Å². The van der Waals surface area contributed by atoms with Crippen molar-refractivity contribution in [1.82, 2.24) is 4.90 Å². The summed E-state index contributed by atoms with van der Waals surface area (Å²) in [6.07, 6.45) is 0.700. The Morgan fingerprint density at radius 1 is 1.00 bits per heavy atom. The maximum Gasteiger partial charge on any atom is 0.295 e. The molecule has 0 aromatic heterocycles. The summed E-state index contributed by atoms with van der Waals surface area (Å²) in [5, 5.41) is 11.3. The fourth-order valence-electron chi connectivity index (χ4n) is 4.50. The summed E-state index contributed by atoms with van der Waals surface area (Å²) in [5.74, 6) is -0.728. The molecule has 1 aliphatic rings. The molecule has 0 saturated carbocycles. The number of hydrogen-bond acceptors (Lipinski definition) is 5. The van der Waals surface area contributed by atoms with Crippen LogP contribution in [-0.2, 0) is 16.2 Å². The normalized spacial score (nSPS) is 16.9. The lowest BCUT2D eigenvalue weighted by Crippen LogP contribution is -2.30. The Bertz CT molecular complexity index is 1280. The fraction of sp³-hybridized carbons (Fsp3) is 0.267. The largest absolute Gasteiger partial charge is 0.507 e. The standard InChI is InChI=1S/C30H32N2O4/c1-5-17-32-27(22-11-14-24(15-12-22)31(3)4)26(29(34)30(32)35)28(33)23-13-16-25(20(2)18-23)36-19-21-9-7-6-8-10-21/h6-16,18,27,33H,5,17,19H2,1-4H3/b28-26-. The van der Waals surface area contributed by atoms with E-state index in [0.717, 1.165) is 22.4 Å². The van der Waals surface area contributed by atoms with E-state index in [1.54, 1.807) is 23.1 Å². The number of aliphatic hydroxyl groups is 1. The number of aryl methyl sites for hydroxylation is 1. The molecule has 36 heavy (non-hydrogen) atoms. The van der Waals surface area contributed by atoms with E-state index in [9.17, 15) is 14.7 Å². The SMILES string of the molecule is CCCN1C(=O)C(=O)/C(=C(\O)c2ccc(OCc3ccccc3)c(C)c2)C1c1ccc(N(C)C)cc1. The van der Waals surface area contributed by atoms with Crippen LogP contribution in [-0.4, -0.2) is 42.3 Å². The molecule has 0 aliphatic carbocycles. The zero-order chi connectivity index (χ0) is 25.8. The Hall–Kier alpha value is -4.06. The molecule has 6 heteroatoms. The lowest BCUT2D eigenvalue weighted by molar-refractivity contribution is -0.139. The van der Waals surface area contributed by atoms with Gasteiger partial charge in [-0.2, -0.15) is 0 Å². The van der Waals surface area contributed by atoms with E-state index in [4.69, 9.17) is 4.74 Å². The van der Waals surface area contributed by atoms with Gasteiger partial charge >= 0.3 is 0 Å². The van der Waals surface area contributed by atoms with E-state index >= 15 is 0 Å². The lowest BCUT2D eigenvalue weighted by atomic mass is 9.94. The van der Waals surface area contributed by atoms with E-state index in [-0.39, 0.29) is 11.3 Å². The van der Waals surface area contributed by atoms with Crippen LogP contribution >= 0.6 is 0 Å². The fourth-order valence-corrected chi connectivity index (χ4v) is 4.50. The smallest absolute Gasteiger partial charge is 0.295 e. The van der Waals surface area contributed by atoms with Crippen LogP contribution in [0.3, 0.4) is 0 Å². The van der Waals surface area contributed by atoms with Gasteiger partial charge in [-0.3, -0.25) is 9.59 Å². The van der Waals surface area contributed by atoms with Gasteiger partial charge in [0, 0.05) is 31.9 Å². The second-order valence-corrected chi connectivity index (χ2v) is 9.23. The Labute approximate surface area is 212 Å². The van der Waals surface area contributed by atoms with Crippen molar-refractivity contribution >= 4 is 23.1 Å². The van der Waals surface area contributed by atoms with Gasteiger partial charge in [-0.05, 0) is 60.4 Å². The molecule has 1 aliphatic heterocycles. The number of aliphatic hydroxyl groups excluding tert-OH is 1. The van der Waals surface area contributed by atoms with Crippen LogP contribution in [0.1, 0.15) is 41.6 Å². The summed E-state index contributed by atoms with van der Waals surface area (Å²) in [6.45, 7) is 4.71. The number of Topliss-reactive ketones (excluding diaryl/α,β-unsaturated/α-hetero) is 1. The predicted octanol–water partition coefficient (Wildman–Crippen LogP) is 5.47. The van der Waals surface area contributed by atoms with Crippen LogP contribution in [0.2, 0.25) is 0 Å². The van der Waals surface area contributed by atoms with Crippen LogP contribution in [0.4, 0.5) is 5.69 Å². The van der Waals surface area contributed by atoms with E-state index in [2.05, 4.69) is 0 Å². The molecule has 1 N–H and O–H groups in total. The molecule has 6 nitrogen and oxygen atoms in total. The Balaban J connectivity index is 1.70. The maximum atomic E-state index is 13.1. The van der Waals surface area contributed by atoms with Gasteiger partial charge in [0.15, 0.2) is 0 Å². The summed E-state index contributed by atoms with van der Waals surface area (Å²) in [4.78, 5) is 29.6. The summed E-state index contributed by atoms with van der Waals surface area (Å²) in [7, 11) is 3.90. The number of nitrogens with zero attached hydrogens (tertiary/aromatic N) is 2. The molecule has 1 fully saturated rings. The minimum absolute atomic E-state index is 0.114. The van der Waals surface area contributed by atoms with E-state index in [1.165, 1.54) is 0 Å². The number of rotatable bonds is 8. The zero-order valence-corrected chi connectivity index (χ0v) is 21.2. The Morgan fingerprint density at radius 3 is 2.31 bits per heavy atom. The molecule has 0 radical (unpaired) electrons. The van der Waals surface area contributed by atoms with Crippen molar-refractivity contribution in [2.45, 2.75) is 32.9 Å². The van der Waals surface area contributed by atoms with Crippen molar-refractivity contribution in [2.24, 2.45) is 0 Å². The third-order valence-corrected chi connectivity index (χ3v) is 6.42. The Morgan fingerprint density at radius 2 is 1.69 bits per heavy atom. The van der Waals surface area contributed by atoms with E-state index in [0.29, 0.717) is 30.9 Å². The molecule has 1 unspecified atom stereocenters. The average Bonchev–Trinajstić information content (AvgIpc) is 3.13. The summed E-state index contributed by atoms with van der Waals surface area (Å²) in [6, 6.07) is 22.3. The molecule has 1 saturated heterocycles. The van der Waals surface area contributed by atoms with Gasteiger partial charge in [-0.1, -0.05) is 49.4 Å². The lowest BCUT2D eigenvalue weighted by Gasteiger charge is -2.25. The van der Waals surface area contributed by atoms with Gasteiger partial charge in [0.2, 0.25) is 0 Å². The number of hydrogen-bond donors (Lipinski definition) is 1. The minimum Gasteiger partial charge on any atom is -0.507 e. The summed E-state index contributed by atoms with van der Waals surface area (Å²) >= 11 is 0. The highest BCUT2D eigenvalue weighted by molar-refractivity contribution is 6.46. The van der Waals surface area contributed by atoms with Crippen molar-refractivity contribution in [3.63, 3.8) is 0 Å². The number of ketones is 1. The van der Waals surface area contributed by atoms with Gasteiger partial charge in [-0.25, -0.2) is 0 Å². The number of amides is 1. The zero-order valence-electron chi connectivity index (χ0n) is 21.2. The first-order valence-electron chi connectivity index (χ1n) is 12.1. The molecular formula is C30H32N2O4. The van der Waals surface area contributed by atoms with Crippen molar-refractivity contribution in [3.05, 3.63) is 101 Å². The van der Waals surface area contributed by atoms with Crippen molar-refractivity contribution in [3.8, 4) is 5.75 Å². The highest BCUT2D eigenvalue weighted by atomic mass is 16.5. The first-order chi connectivity index (χ1) is 17.3. The molecule has 3 aromatic carbocycles. The summed E-state index contributed by atoms with van der Waals surface area (Å²) < 4.78 is 5.96. The molecule has 186 valence electrons. The van der Waals surface area contributed by atoms with Crippen LogP contribution in [0, 0.1) is 6.92 Å². The third kappa shape index (κ3) is 4.98. The highest BCUT2D eigenvalue weighted by Gasteiger charge is 2.45. The van der Waals surface area contributed by atoms with Crippen LogP contribution in [0.25, 0.3) is 5.76 Å². The number of carbonyl (C=O) groups excluding carboxylic acids is 2. The third-order valence-electron chi connectivity index (χ3n) is 6.42. The van der Waals surface area contributed by atoms with Gasteiger partial charge in [0.1, 0.15) is 18.1 Å².